The van der Waals surface area contributed by atoms with E-state index in [1.807, 2.05) is 6.92 Å². The molecule has 2 fully saturated rings. The second kappa shape index (κ2) is 9.27. The third-order valence-electron chi connectivity index (χ3n) is 6.58. The molecule has 1 N–H and O–H groups in total. The molecule has 0 saturated carbocycles. The first-order valence-corrected chi connectivity index (χ1v) is 11.7. The number of allylic oxidation sites excluding steroid dienone is 1. The van der Waals surface area contributed by atoms with Gasteiger partial charge in [0.2, 0.25) is 0 Å². The number of pyridine rings is 1. The first-order valence-electron chi connectivity index (χ1n) is 11.7. The van der Waals surface area contributed by atoms with Gasteiger partial charge in [-0.05, 0) is 48.4 Å². The van der Waals surface area contributed by atoms with Crippen LogP contribution in [0.1, 0.15) is 51.2 Å². The predicted octanol–water partition coefficient (Wildman–Crippen LogP) is 5.72. The number of fused-ring (bicyclic) bond motifs is 1. The van der Waals surface area contributed by atoms with E-state index in [9.17, 15) is 0 Å². The number of hydrogen-bond donors (Lipinski definition) is 1. The Balaban J connectivity index is 0.000000730. The van der Waals surface area contributed by atoms with Crippen molar-refractivity contribution >= 4 is 22.3 Å². The number of rotatable bonds is 4. The number of piperidine rings is 1. The van der Waals surface area contributed by atoms with Gasteiger partial charge in [0.05, 0.1) is 11.9 Å². The van der Waals surface area contributed by atoms with Gasteiger partial charge in [0, 0.05) is 44.3 Å². The zero-order valence-electron chi connectivity index (χ0n) is 19.3. The van der Waals surface area contributed by atoms with Gasteiger partial charge >= 0.3 is 0 Å². The van der Waals surface area contributed by atoms with Crippen LogP contribution in [0.5, 0.6) is 0 Å². The van der Waals surface area contributed by atoms with Gasteiger partial charge in [0.25, 0.3) is 0 Å². The van der Waals surface area contributed by atoms with Crippen molar-refractivity contribution in [1.29, 1.82) is 0 Å². The second-order valence-electron chi connectivity index (χ2n) is 9.32. The summed E-state index contributed by atoms with van der Waals surface area (Å²) >= 11 is 0. The minimum Gasteiger partial charge on any atom is -0.370 e. The Morgan fingerprint density at radius 3 is 2.35 bits per heavy atom. The molecule has 0 amide bonds. The number of aromatic nitrogens is 2. The molecular weight excluding hydrogens is 380 g/mol. The molecular formula is C27H36N4. The van der Waals surface area contributed by atoms with Crippen LogP contribution in [0.15, 0.2) is 55.4 Å². The molecule has 0 atom stereocenters. The summed E-state index contributed by atoms with van der Waals surface area (Å²) < 4.78 is 2.24. The lowest BCUT2D eigenvalue weighted by Gasteiger charge is -2.48. The van der Waals surface area contributed by atoms with E-state index < -0.39 is 0 Å². The lowest BCUT2D eigenvalue weighted by atomic mass is 9.73. The summed E-state index contributed by atoms with van der Waals surface area (Å²) in [6, 6.07) is 13.2. The Bertz CT molecular complexity index is 1020. The van der Waals surface area contributed by atoms with Crippen LogP contribution in [0.25, 0.3) is 16.6 Å². The van der Waals surface area contributed by atoms with E-state index in [-0.39, 0.29) is 0 Å². The number of hydrogen-bond acceptors (Lipinski definition) is 3. The van der Waals surface area contributed by atoms with Crippen LogP contribution in [0, 0.1) is 5.41 Å². The maximum Gasteiger partial charge on any atom is 0.140 e. The summed E-state index contributed by atoms with van der Waals surface area (Å²) in [5.74, 6) is 0. The van der Waals surface area contributed by atoms with Crippen LogP contribution < -0.4 is 10.2 Å². The summed E-state index contributed by atoms with van der Waals surface area (Å²) in [6.07, 6.45) is 8.04. The summed E-state index contributed by atoms with van der Waals surface area (Å²) in [4.78, 5) is 7.33. The van der Waals surface area contributed by atoms with Crippen LogP contribution in [-0.4, -0.2) is 35.7 Å². The maximum absolute atomic E-state index is 4.82. The standard InChI is InChI=1S/C24H28N4.C3H8/c1-18(2)20-5-3-19(4-6-20)15-28-10-7-21-13-22(14-26-23(21)28)27-11-8-24(9-12-27)16-25-17-24;1-3-2/h3-7,10,13-14,25H,1,8-9,11-12,15-17H2,2H3;3H2,1-2H3. The zero-order valence-corrected chi connectivity index (χ0v) is 19.3. The molecule has 4 heteroatoms. The van der Waals surface area contributed by atoms with Crippen LogP contribution >= 0.6 is 0 Å². The van der Waals surface area contributed by atoms with E-state index >= 15 is 0 Å². The Kier molecular flexibility index (Phi) is 6.47. The third kappa shape index (κ3) is 4.69. The lowest BCUT2D eigenvalue weighted by molar-refractivity contribution is 0.126. The fourth-order valence-electron chi connectivity index (χ4n) is 4.53. The molecule has 0 bridgehead atoms. The summed E-state index contributed by atoms with van der Waals surface area (Å²) in [6.45, 7) is 15.8. The van der Waals surface area contributed by atoms with Gasteiger partial charge in [-0.25, -0.2) is 4.98 Å². The van der Waals surface area contributed by atoms with Gasteiger partial charge in [-0.1, -0.05) is 56.7 Å². The highest BCUT2D eigenvalue weighted by molar-refractivity contribution is 5.80. The molecule has 5 rings (SSSR count). The van der Waals surface area contributed by atoms with Crippen molar-refractivity contribution < 1.29 is 0 Å². The fraction of sp³-hybridized carbons (Fsp3) is 0.444. The molecule has 0 radical (unpaired) electrons. The van der Waals surface area contributed by atoms with Crippen molar-refractivity contribution in [1.82, 2.24) is 14.9 Å². The van der Waals surface area contributed by atoms with Crippen LogP contribution in [0.2, 0.25) is 0 Å². The first-order chi connectivity index (χ1) is 15.0. The van der Waals surface area contributed by atoms with E-state index in [2.05, 4.69) is 84.0 Å². The average Bonchev–Trinajstić information content (AvgIpc) is 3.16. The van der Waals surface area contributed by atoms with Crippen LogP contribution in [0.4, 0.5) is 5.69 Å². The normalized spacial score (nSPS) is 17.2. The highest BCUT2D eigenvalue weighted by Gasteiger charge is 2.39. The van der Waals surface area contributed by atoms with E-state index in [0.29, 0.717) is 5.41 Å². The molecule has 2 saturated heterocycles. The molecule has 2 aliphatic heterocycles. The maximum atomic E-state index is 4.82. The largest absolute Gasteiger partial charge is 0.370 e. The molecule has 4 heterocycles. The number of benzene rings is 1. The van der Waals surface area contributed by atoms with Gasteiger partial charge in [-0.2, -0.15) is 0 Å². The Morgan fingerprint density at radius 2 is 1.77 bits per heavy atom. The molecule has 4 nitrogen and oxygen atoms in total. The predicted molar refractivity (Wildman–Crippen MR) is 133 cm³/mol. The summed E-state index contributed by atoms with van der Waals surface area (Å²) in [7, 11) is 0. The highest BCUT2D eigenvalue weighted by Crippen LogP contribution is 2.36. The summed E-state index contributed by atoms with van der Waals surface area (Å²) in [5, 5.41) is 4.67. The van der Waals surface area contributed by atoms with E-state index in [1.165, 1.54) is 54.6 Å². The molecule has 3 aromatic rings. The topological polar surface area (TPSA) is 33.1 Å². The zero-order chi connectivity index (χ0) is 21.8. The average molecular weight is 417 g/mol. The summed E-state index contributed by atoms with van der Waals surface area (Å²) in [5.41, 5.74) is 6.48. The van der Waals surface area contributed by atoms with Gasteiger partial charge in [-0.3, -0.25) is 0 Å². The lowest BCUT2D eigenvalue weighted by Crippen LogP contribution is -2.58. The van der Waals surface area contributed by atoms with Crippen molar-refractivity contribution in [2.45, 2.75) is 46.6 Å². The number of nitrogens with zero attached hydrogens (tertiary/aromatic N) is 3. The van der Waals surface area contributed by atoms with Gasteiger partial charge in [0.15, 0.2) is 0 Å². The fourth-order valence-corrected chi connectivity index (χ4v) is 4.53. The van der Waals surface area contributed by atoms with Gasteiger partial charge < -0.3 is 14.8 Å². The monoisotopic (exact) mass is 416 g/mol. The number of anilines is 1. The van der Waals surface area contributed by atoms with Crippen molar-refractivity contribution in [3.8, 4) is 0 Å². The Hall–Kier alpha value is -2.59. The molecule has 31 heavy (non-hydrogen) atoms. The Labute approximate surface area is 187 Å². The molecule has 1 spiro atoms. The van der Waals surface area contributed by atoms with E-state index in [4.69, 9.17) is 4.98 Å². The quantitative estimate of drug-likeness (QED) is 0.590. The molecule has 0 unspecified atom stereocenters. The second-order valence-corrected chi connectivity index (χ2v) is 9.32. The van der Waals surface area contributed by atoms with E-state index in [0.717, 1.165) is 30.9 Å². The first kappa shape index (κ1) is 21.6. The van der Waals surface area contributed by atoms with Crippen LogP contribution in [-0.2, 0) is 6.54 Å². The van der Waals surface area contributed by atoms with Crippen molar-refractivity contribution in [3.63, 3.8) is 0 Å². The van der Waals surface area contributed by atoms with Gasteiger partial charge in [-0.15, -0.1) is 0 Å². The minimum absolute atomic E-state index is 0.580. The Morgan fingerprint density at radius 1 is 1.10 bits per heavy atom. The third-order valence-corrected chi connectivity index (χ3v) is 6.58. The molecule has 2 aliphatic rings. The molecule has 1 aromatic carbocycles. The molecule has 0 aliphatic carbocycles. The van der Waals surface area contributed by atoms with Crippen LogP contribution in [0.3, 0.4) is 0 Å². The molecule has 164 valence electrons. The van der Waals surface area contributed by atoms with Crippen molar-refractivity contribution in [2.24, 2.45) is 5.41 Å². The van der Waals surface area contributed by atoms with E-state index in [1.54, 1.807) is 0 Å². The van der Waals surface area contributed by atoms with Crippen molar-refractivity contribution in [2.75, 3.05) is 31.1 Å². The minimum atomic E-state index is 0.580. The molecule has 2 aromatic heterocycles. The smallest absolute Gasteiger partial charge is 0.140 e. The number of nitrogens with one attached hydrogen (secondary N) is 1. The SMILES string of the molecule is C=C(C)c1ccc(Cn2ccc3cc(N4CCC5(CC4)CNC5)cnc32)cc1.CCC. The van der Waals surface area contributed by atoms with Crippen molar-refractivity contribution in [3.05, 3.63) is 66.5 Å². The van der Waals surface area contributed by atoms with Gasteiger partial charge in [0.1, 0.15) is 5.65 Å². The highest BCUT2D eigenvalue weighted by atomic mass is 15.2.